The van der Waals surface area contributed by atoms with Crippen molar-refractivity contribution in [3.05, 3.63) is 0 Å². The molecule has 0 heterocycles. The highest BCUT2D eigenvalue weighted by atomic mass is 16.2. The second-order valence-electron chi connectivity index (χ2n) is 5.67. The third-order valence-electron chi connectivity index (χ3n) is 3.75. The molecule has 1 aliphatic carbocycles. The Kier molecular flexibility index (Phi) is 5.96. The van der Waals surface area contributed by atoms with Crippen LogP contribution in [0.1, 0.15) is 59.3 Å². The van der Waals surface area contributed by atoms with Crippen LogP contribution in [0.25, 0.3) is 0 Å². The molecule has 3 heteroatoms. The summed E-state index contributed by atoms with van der Waals surface area (Å²) in [5.74, 6) is 0.810. The molecule has 0 unspecified atom stereocenters. The molecule has 1 rings (SSSR count). The van der Waals surface area contributed by atoms with Crippen LogP contribution < -0.4 is 5.73 Å². The molecular weight excluding hydrogens is 212 g/mol. The van der Waals surface area contributed by atoms with Gasteiger partial charge in [-0.25, -0.2) is 0 Å². The summed E-state index contributed by atoms with van der Waals surface area (Å²) in [5, 5.41) is 0. The van der Waals surface area contributed by atoms with Crippen molar-refractivity contribution < 1.29 is 4.79 Å². The first kappa shape index (κ1) is 14.5. The lowest BCUT2D eigenvalue weighted by Crippen LogP contribution is -2.48. The van der Waals surface area contributed by atoms with E-state index in [0.717, 1.165) is 19.4 Å². The van der Waals surface area contributed by atoms with E-state index in [4.69, 9.17) is 5.73 Å². The summed E-state index contributed by atoms with van der Waals surface area (Å²) >= 11 is 0. The number of rotatable bonds is 6. The molecule has 1 aliphatic rings. The topological polar surface area (TPSA) is 46.3 Å². The van der Waals surface area contributed by atoms with Gasteiger partial charge < -0.3 is 10.6 Å². The van der Waals surface area contributed by atoms with Gasteiger partial charge in [0.1, 0.15) is 0 Å². The predicted molar refractivity (Wildman–Crippen MR) is 71.7 cm³/mol. The Labute approximate surface area is 106 Å². The fourth-order valence-electron chi connectivity index (χ4n) is 2.47. The highest BCUT2D eigenvalue weighted by Gasteiger charge is 2.28. The summed E-state index contributed by atoms with van der Waals surface area (Å²) in [7, 11) is 0. The molecule has 0 saturated heterocycles. The van der Waals surface area contributed by atoms with Crippen molar-refractivity contribution in [2.45, 2.75) is 71.4 Å². The Hall–Kier alpha value is -0.570. The van der Waals surface area contributed by atoms with E-state index in [0.29, 0.717) is 12.0 Å². The average molecular weight is 240 g/mol. The maximum absolute atomic E-state index is 12.3. The summed E-state index contributed by atoms with van der Waals surface area (Å²) < 4.78 is 0. The van der Waals surface area contributed by atoms with Crippen molar-refractivity contribution in [3.8, 4) is 0 Å². The van der Waals surface area contributed by atoms with Gasteiger partial charge in [0, 0.05) is 12.6 Å². The number of carbonyl (C=O) groups excluding carboxylic acids is 1. The smallest absolute Gasteiger partial charge is 0.239 e. The van der Waals surface area contributed by atoms with E-state index in [-0.39, 0.29) is 11.9 Å². The van der Waals surface area contributed by atoms with E-state index in [1.807, 2.05) is 6.92 Å². The standard InChI is InChI=1S/C14H28N2O/c1-4-13(15)14(17)16(10-9-11(2)3)12-7-5-6-8-12/h11-13H,4-10,15H2,1-3H3/t13-/m1/s1. The fraction of sp³-hybridized carbons (Fsp3) is 0.929. The summed E-state index contributed by atoms with van der Waals surface area (Å²) in [6.07, 6.45) is 6.68. The molecule has 0 aromatic carbocycles. The summed E-state index contributed by atoms with van der Waals surface area (Å²) in [4.78, 5) is 14.3. The van der Waals surface area contributed by atoms with Crippen molar-refractivity contribution in [3.63, 3.8) is 0 Å². The second-order valence-corrected chi connectivity index (χ2v) is 5.67. The highest BCUT2D eigenvalue weighted by molar-refractivity contribution is 5.81. The monoisotopic (exact) mass is 240 g/mol. The van der Waals surface area contributed by atoms with Crippen LogP contribution in [0.3, 0.4) is 0 Å². The summed E-state index contributed by atoms with van der Waals surface area (Å²) in [5.41, 5.74) is 5.90. The lowest BCUT2D eigenvalue weighted by atomic mass is 10.1. The number of hydrogen-bond donors (Lipinski definition) is 1. The third kappa shape index (κ3) is 4.30. The van der Waals surface area contributed by atoms with Gasteiger partial charge in [-0.05, 0) is 31.6 Å². The summed E-state index contributed by atoms with van der Waals surface area (Å²) in [6.45, 7) is 7.28. The predicted octanol–water partition coefficient (Wildman–Crippen LogP) is 2.54. The largest absolute Gasteiger partial charge is 0.338 e. The van der Waals surface area contributed by atoms with Crippen LogP contribution in [-0.4, -0.2) is 29.4 Å². The third-order valence-corrected chi connectivity index (χ3v) is 3.75. The van der Waals surface area contributed by atoms with Gasteiger partial charge >= 0.3 is 0 Å². The normalized spacial score (nSPS) is 18.6. The Morgan fingerprint density at radius 3 is 2.41 bits per heavy atom. The Morgan fingerprint density at radius 1 is 1.35 bits per heavy atom. The van der Waals surface area contributed by atoms with Crippen molar-refractivity contribution >= 4 is 5.91 Å². The van der Waals surface area contributed by atoms with Crippen LogP contribution in [0.2, 0.25) is 0 Å². The van der Waals surface area contributed by atoms with Gasteiger partial charge in [0.05, 0.1) is 6.04 Å². The van der Waals surface area contributed by atoms with Gasteiger partial charge in [0.2, 0.25) is 5.91 Å². The maximum atomic E-state index is 12.3. The van der Waals surface area contributed by atoms with Crippen molar-refractivity contribution in [2.75, 3.05) is 6.54 Å². The van der Waals surface area contributed by atoms with E-state index < -0.39 is 0 Å². The second kappa shape index (κ2) is 7.00. The van der Waals surface area contributed by atoms with Crippen LogP contribution in [-0.2, 0) is 4.79 Å². The molecule has 1 atom stereocenters. The molecule has 0 aliphatic heterocycles. The highest BCUT2D eigenvalue weighted by Crippen LogP contribution is 2.24. The summed E-state index contributed by atoms with van der Waals surface area (Å²) in [6, 6.07) is 0.154. The fourth-order valence-corrected chi connectivity index (χ4v) is 2.47. The van der Waals surface area contributed by atoms with E-state index in [9.17, 15) is 4.79 Å². The molecule has 0 aromatic rings. The first-order valence-electron chi connectivity index (χ1n) is 7.12. The number of nitrogens with two attached hydrogens (primary N) is 1. The molecule has 0 bridgehead atoms. The number of nitrogens with zero attached hydrogens (tertiary/aromatic N) is 1. The maximum Gasteiger partial charge on any atom is 0.239 e. The van der Waals surface area contributed by atoms with Crippen molar-refractivity contribution in [1.29, 1.82) is 0 Å². The lowest BCUT2D eigenvalue weighted by Gasteiger charge is -2.31. The first-order chi connectivity index (χ1) is 8.06. The SMILES string of the molecule is CC[C@@H](N)C(=O)N(CCC(C)C)C1CCCC1. The van der Waals surface area contributed by atoms with E-state index >= 15 is 0 Å². The quantitative estimate of drug-likeness (QED) is 0.775. The molecule has 2 N–H and O–H groups in total. The molecule has 3 nitrogen and oxygen atoms in total. The minimum absolute atomic E-state index is 0.167. The minimum atomic E-state index is -0.303. The average Bonchev–Trinajstić information content (AvgIpc) is 2.81. The van der Waals surface area contributed by atoms with Gasteiger partial charge in [-0.1, -0.05) is 33.6 Å². The van der Waals surface area contributed by atoms with Gasteiger partial charge in [-0.2, -0.15) is 0 Å². The lowest BCUT2D eigenvalue weighted by molar-refractivity contribution is -0.135. The van der Waals surface area contributed by atoms with Gasteiger partial charge in [0.25, 0.3) is 0 Å². The van der Waals surface area contributed by atoms with Gasteiger partial charge in [0.15, 0.2) is 0 Å². The molecular formula is C14H28N2O. The van der Waals surface area contributed by atoms with Gasteiger partial charge in [-0.15, -0.1) is 0 Å². The van der Waals surface area contributed by atoms with E-state index in [1.54, 1.807) is 0 Å². The minimum Gasteiger partial charge on any atom is -0.338 e. The molecule has 0 radical (unpaired) electrons. The van der Waals surface area contributed by atoms with Crippen LogP contribution >= 0.6 is 0 Å². The van der Waals surface area contributed by atoms with Crippen LogP contribution in [0.4, 0.5) is 0 Å². The molecule has 1 fully saturated rings. The number of carbonyl (C=O) groups is 1. The van der Waals surface area contributed by atoms with Crippen LogP contribution in [0.15, 0.2) is 0 Å². The first-order valence-corrected chi connectivity index (χ1v) is 7.12. The number of hydrogen-bond acceptors (Lipinski definition) is 2. The molecule has 1 amide bonds. The van der Waals surface area contributed by atoms with Crippen LogP contribution in [0, 0.1) is 5.92 Å². The Balaban J connectivity index is 2.60. The molecule has 0 aromatic heterocycles. The zero-order valence-corrected chi connectivity index (χ0v) is 11.6. The van der Waals surface area contributed by atoms with E-state index in [2.05, 4.69) is 18.7 Å². The Bertz CT molecular complexity index is 234. The van der Waals surface area contributed by atoms with Gasteiger partial charge in [-0.3, -0.25) is 4.79 Å². The van der Waals surface area contributed by atoms with E-state index in [1.165, 1.54) is 25.7 Å². The van der Waals surface area contributed by atoms with Crippen molar-refractivity contribution in [1.82, 2.24) is 4.90 Å². The molecule has 100 valence electrons. The molecule has 1 saturated carbocycles. The zero-order valence-electron chi connectivity index (χ0n) is 11.6. The zero-order chi connectivity index (χ0) is 12.8. The molecule has 0 spiro atoms. The van der Waals surface area contributed by atoms with Crippen LogP contribution in [0.5, 0.6) is 0 Å². The number of amides is 1. The Morgan fingerprint density at radius 2 is 1.94 bits per heavy atom. The van der Waals surface area contributed by atoms with Crippen molar-refractivity contribution in [2.24, 2.45) is 11.7 Å². The molecule has 17 heavy (non-hydrogen) atoms.